The van der Waals surface area contributed by atoms with Crippen molar-refractivity contribution in [2.24, 2.45) is 5.10 Å². The second kappa shape index (κ2) is 4.76. The summed E-state index contributed by atoms with van der Waals surface area (Å²) < 4.78 is 0. The summed E-state index contributed by atoms with van der Waals surface area (Å²) in [6.45, 7) is 7.37. The van der Waals surface area contributed by atoms with Gasteiger partial charge in [0, 0.05) is 23.8 Å². The van der Waals surface area contributed by atoms with E-state index in [4.69, 9.17) is 0 Å². The second-order valence-corrected chi connectivity index (χ2v) is 6.20. The number of amidine groups is 1. The molecule has 1 aromatic rings. The van der Waals surface area contributed by atoms with Crippen LogP contribution in [0, 0.1) is 0 Å². The van der Waals surface area contributed by atoms with Gasteiger partial charge in [0.1, 0.15) is 11.7 Å². The number of hydrogen-bond acceptors (Lipinski definition) is 5. The molecule has 0 unspecified atom stereocenters. The van der Waals surface area contributed by atoms with Crippen molar-refractivity contribution < 1.29 is 9.59 Å². The predicted molar refractivity (Wildman–Crippen MR) is 83.1 cm³/mol. The molecule has 2 aliphatic rings. The molecule has 3 rings (SSSR count). The number of imide groups is 1. The van der Waals surface area contributed by atoms with Crippen LogP contribution in [0.15, 0.2) is 40.6 Å². The lowest BCUT2D eigenvalue weighted by molar-refractivity contribution is -0.132. The van der Waals surface area contributed by atoms with Crippen LogP contribution in [0.25, 0.3) is 0 Å². The van der Waals surface area contributed by atoms with Gasteiger partial charge in [-0.2, -0.15) is 5.10 Å². The molecule has 114 valence electrons. The SMILES string of the molecule is CC1=C(C)C(=O)N(C2=NN(c3ccccn3)C(C)(C)C2)C1=O. The normalized spacial score (nSPS) is 21.0. The summed E-state index contributed by atoms with van der Waals surface area (Å²) in [5.74, 6) is 0.615. The van der Waals surface area contributed by atoms with Gasteiger partial charge in [0.15, 0.2) is 0 Å². The molecule has 0 spiro atoms. The van der Waals surface area contributed by atoms with Gasteiger partial charge < -0.3 is 0 Å². The molecule has 6 nitrogen and oxygen atoms in total. The Labute approximate surface area is 129 Å². The van der Waals surface area contributed by atoms with Crippen molar-refractivity contribution >= 4 is 23.5 Å². The summed E-state index contributed by atoms with van der Waals surface area (Å²) in [5, 5.41) is 6.28. The predicted octanol–water partition coefficient (Wildman–Crippen LogP) is 2.09. The molecule has 0 saturated heterocycles. The molecule has 2 aliphatic heterocycles. The third-order valence-corrected chi connectivity index (χ3v) is 4.11. The number of carbonyl (C=O) groups excluding carboxylic acids is 2. The van der Waals surface area contributed by atoms with Crippen LogP contribution in [0.3, 0.4) is 0 Å². The van der Waals surface area contributed by atoms with Gasteiger partial charge in [-0.25, -0.2) is 14.9 Å². The van der Waals surface area contributed by atoms with E-state index >= 15 is 0 Å². The fourth-order valence-electron chi connectivity index (χ4n) is 2.69. The first-order valence-electron chi connectivity index (χ1n) is 7.18. The van der Waals surface area contributed by atoms with Gasteiger partial charge in [0.05, 0.1) is 5.54 Å². The van der Waals surface area contributed by atoms with Crippen LogP contribution in [0.2, 0.25) is 0 Å². The van der Waals surface area contributed by atoms with E-state index < -0.39 is 0 Å². The summed E-state index contributed by atoms with van der Waals surface area (Å²) >= 11 is 0. The Balaban J connectivity index is 1.98. The molecule has 0 N–H and O–H groups in total. The van der Waals surface area contributed by atoms with E-state index in [9.17, 15) is 9.59 Å². The largest absolute Gasteiger partial charge is 0.269 e. The molecule has 6 heteroatoms. The quantitative estimate of drug-likeness (QED) is 0.745. The Hall–Kier alpha value is -2.50. The lowest BCUT2D eigenvalue weighted by Crippen LogP contribution is -2.40. The van der Waals surface area contributed by atoms with Gasteiger partial charge in [-0.05, 0) is 39.8 Å². The zero-order chi connectivity index (χ0) is 16.1. The minimum atomic E-state index is -0.353. The highest BCUT2D eigenvalue weighted by Crippen LogP contribution is 2.34. The topological polar surface area (TPSA) is 65.9 Å². The van der Waals surface area contributed by atoms with Gasteiger partial charge >= 0.3 is 0 Å². The fourth-order valence-corrected chi connectivity index (χ4v) is 2.69. The van der Waals surface area contributed by atoms with Crippen molar-refractivity contribution in [3.05, 3.63) is 35.5 Å². The number of aromatic nitrogens is 1. The van der Waals surface area contributed by atoms with E-state index in [-0.39, 0.29) is 17.4 Å². The van der Waals surface area contributed by atoms with Crippen molar-refractivity contribution in [3.63, 3.8) is 0 Å². The number of nitrogens with zero attached hydrogens (tertiary/aromatic N) is 4. The summed E-state index contributed by atoms with van der Waals surface area (Å²) in [5.41, 5.74) is 0.623. The molecular formula is C16H18N4O2. The van der Waals surface area contributed by atoms with E-state index in [1.54, 1.807) is 25.1 Å². The van der Waals surface area contributed by atoms with Crippen molar-refractivity contribution in [1.82, 2.24) is 9.88 Å². The van der Waals surface area contributed by atoms with Gasteiger partial charge in [0.25, 0.3) is 11.8 Å². The summed E-state index contributed by atoms with van der Waals surface area (Å²) in [7, 11) is 0. The van der Waals surface area contributed by atoms with Gasteiger partial charge in [-0.3, -0.25) is 9.59 Å². The molecule has 0 radical (unpaired) electrons. The summed E-state index contributed by atoms with van der Waals surface area (Å²) in [6.07, 6.45) is 2.20. The van der Waals surface area contributed by atoms with Gasteiger partial charge in [-0.1, -0.05) is 6.07 Å². The van der Waals surface area contributed by atoms with Crippen molar-refractivity contribution in [1.29, 1.82) is 0 Å². The highest BCUT2D eigenvalue weighted by molar-refractivity contribution is 6.28. The van der Waals surface area contributed by atoms with Crippen LogP contribution >= 0.6 is 0 Å². The molecule has 0 atom stereocenters. The van der Waals surface area contributed by atoms with E-state index in [0.717, 1.165) is 0 Å². The lowest BCUT2D eigenvalue weighted by atomic mass is 10.0. The number of carbonyl (C=O) groups is 2. The number of anilines is 1. The van der Waals surface area contributed by atoms with E-state index in [2.05, 4.69) is 10.1 Å². The standard InChI is InChI=1S/C16H18N4O2/c1-10-11(2)15(22)19(14(10)21)13-9-16(3,4)20(18-13)12-7-5-6-8-17-12/h5-8H,9H2,1-4H3. The summed E-state index contributed by atoms with van der Waals surface area (Å²) in [4.78, 5) is 30.1. The first kappa shape index (κ1) is 14.4. The Bertz CT molecular complexity index is 695. The molecule has 0 bridgehead atoms. The first-order valence-corrected chi connectivity index (χ1v) is 7.18. The highest BCUT2D eigenvalue weighted by Gasteiger charge is 2.44. The van der Waals surface area contributed by atoms with Crippen molar-refractivity contribution in [3.8, 4) is 0 Å². The maximum absolute atomic E-state index is 12.3. The number of amides is 2. The van der Waals surface area contributed by atoms with Gasteiger partial charge in [0.2, 0.25) is 0 Å². The fraction of sp³-hybridized carbons (Fsp3) is 0.375. The van der Waals surface area contributed by atoms with Crippen molar-refractivity contribution in [2.75, 3.05) is 5.01 Å². The third kappa shape index (κ3) is 2.03. The van der Waals surface area contributed by atoms with Crippen LogP contribution in [-0.4, -0.2) is 33.1 Å². The van der Waals surface area contributed by atoms with Crippen LogP contribution in [0.1, 0.15) is 34.1 Å². The molecule has 0 fully saturated rings. The Morgan fingerprint density at radius 2 is 1.73 bits per heavy atom. The minimum Gasteiger partial charge on any atom is -0.269 e. The highest BCUT2D eigenvalue weighted by atomic mass is 16.2. The zero-order valence-electron chi connectivity index (χ0n) is 13.1. The summed E-state index contributed by atoms with van der Waals surface area (Å²) in [6, 6.07) is 5.58. The average molecular weight is 298 g/mol. The van der Waals surface area contributed by atoms with Gasteiger partial charge in [-0.15, -0.1) is 0 Å². The molecule has 22 heavy (non-hydrogen) atoms. The lowest BCUT2D eigenvalue weighted by Gasteiger charge is -2.29. The number of hydrogen-bond donors (Lipinski definition) is 0. The molecule has 0 saturated carbocycles. The number of rotatable bonds is 1. The van der Waals surface area contributed by atoms with E-state index in [0.29, 0.717) is 29.2 Å². The maximum Gasteiger partial charge on any atom is 0.262 e. The smallest absolute Gasteiger partial charge is 0.262 e. The Morgan fingerprint density at radius 3 is 2.27 bits per heavy atom. The maximum atomic E-state index is 12.3. The number of hydrazone groups is 1. The molecular weight excluding hydrogens is 280 g/mol. The molecule has 2 amide bonds. The molecule has 0 aliphatic carbocycles. The van der Waals surface area contributed by atoms with Crippen LogP contribution < -0.4 is 5.01 Å². The first-order chi connectivity index (χ1) is 10.3. The minimum absolute atomic E-state index is 0.278. The monoisotopic (exact) mass is 298 g/mol. The van der Waals surface area contributed by atoms with E-state index in [1.807, 2.05) is 32.0 Å². The average Bonchev–Trinajstić information content (AvgIpc) is 2.90. The molecule has 1 aromatic heterocycles. The van der Waals surface area contributed by atoms with Crippen LogP contribution in [-0.2, 0) is 9.59 Å². The second-order valence-electron chi connectivity index (χ2n) is 6.20. The molecule has 3 heterocycles. The number of pyridine rings is 1. The zero-order valence-corrected chi connectivity index (χ0v) is 13.1. The van der Waals surface area contributed by atoms with E-state index in [1.165, 1.54) is 4.90 Å². The Kier molecular flexibility index (Phi) is 3.12. The van der Waals surface area contributed by atoms with Crippen LogP contribution in [0.4, 0.5) is 5.82 Å². The van der Waals surface area contributed by atoms with Crippen molar-refractivity contribution in [2.45, 2.75) is 39.7 Å². The molecule has 0 aromatic carbocycles. The third-order valence-electron chi connectivity index (χ3n) is 4.11. The van der Waals surface area contributed by atoms with Crippen LogP contribution in [0.5, 0.6) is 0 Å². The Morgan fingerprint density at radius 1 is 1.09 bits per heavy atom.